The van der Waals surface area contributed by atoms with Gasteiger partial charge in [0.2, 0.25) is 0 Å². The van der Waals surface area contributed by atoms with E-state index in [0.717, 1.165) is 12.8 Å². The summed E-state index contributed by atoms with van der Waals surface area (Å²) in [4.78, 5) is 0. The monoisotopic (exact) mass is 118 g/mol. The van der Waals surface area contributed by atoms with Crippen LogP contribution in [0.15, 0.2) is 0 Å². The standard InChI is InChI=1S/C5H14N2O/c1-2-3-5(4-8)7-6/h5,7-8H,2-4,6H2,1H3. The third kappa shape index (κ3) is 2.96. The van der Waals surface area contributed by atoms with E-state index in [4.69, 9.17) is 10.9 Å². The lowest BCUT2D eigenvalue weighted by Gasteiger charge is -2.09. The second-order valence-electron chi connectivity index (χ2n) is 1.83. The maximum absolute atomic E-state index is 8.51. The molecule has 0 aromatic carbocycles. The molecule has 0 bridgehead atoms. The van der Waals surface area contributed by atoms with Crippen molar-refractivity contribution in [3.8, 4) is 0 Å². The second kappa shape index (κ2) is 5.03. The summed E-state index contributed by atoms with van der Waals surface area (Å²) in [5.74, 6) is 5.06. The van der Waals surface area contributed by atoms with Crippen molar-refractivity contribution in [2.45, 2.75) is 25.8 Å². The van der Waals surface area contributed by atoms with Crippen molar-refractivity contribution in [3.05, 3.63) is 0 Å². The van der Waals surface area contributed by atoms with Crippen LogP contribution in [-0.2, 0) is 0 Å². The number of nitrogens with two attached hydrogens (primary N) is 1. The van der Waals surface area contributed by atoms with Gasteiger partial charge in [0.05, 0.1) is 6.61 Å². The fraction of sp³-hybridized carbons (Fsp3) is 1.00. The summed E-state index contributed by atoms with van der Waals surface area (Å²) < 4.78 is 0. The molecule has 3 nitrogen and oxygen atoms in total. The highest BCUT2D eigenvalue weighted by molar-refractivity contribution is 4.58. The van der Waals surface area contributed by atoms with Crippen LogP contribution in [0.1, 0.15) is 19.8 Å². The van der Waals surface area contributed by atoms with Gasteiger partial charge in [0, 0.05) is 6.04 Å². The molecule has 0 heterocycles. The van der Waals surface area contributed by atoms with E-state index in [1.54, 1.807) is 0 Å². The van der Waals surface area contributed by atoms with E-state index < -0.39 is 0 Å². The summed E-state index contributed by atoms with van der Waals surface area (Å²) in [7, 11) is 0. The lowest BCUT2D eigenvalue weighted by Crippen LogP contribution is -2.37. The highest BCUT2D eigenvalue weighted by Gasteiger charge is 1.99. The zero-order chi connectivity index (χ0) is 6.41. The number of nitrogens with one attached hydrogen (secondary N) is 1. The smallest absolute Gasteiger partial charge is 0.0598 e. The fourth-order valence-electron chi connectivity index (χ4n) is 0.576. The minimum Gasteiger partial charge on any atom is -0.395 e. The van der Waals surface area contributed by atoms with E-state index >= 15 is 0 Å². The van der Waals surface area contributed by atoms with Crippen molar-refractivity contribution < 1.29 is 5.11 Å². The van der Waals surface area contributed by atoms with Gasteiger partial charge in [-0.05, 0) is 6.42 Å². The van der Waals surface area contributed by atoms with E-state index in [-0.39, 0.29) is 12.6 Å². The van der Waals surface area contributed by atoms with Gasteiger partial charge >= 0.3 is 0 Å². The minimum atomic E-state index is 0.0833. The minimum absolute atomic E-state index is 0.0833. The third-order valence-corrected chi connectivity index (χ3v) is 1.09. The molecule has 0 aromatic rings. The molecule has 1 unspecified atom stereocenters. The molecule has 50 valence electrons. The van der Waals surface area contributed by atoms with Gasteiger partial charge < -0.3 is 5.11 Å². The van der Waals surface area contributed by atoms with Crippen LogP contribution in [0.4, 0.5) is 0 Å². The Labute approximate surface area is 49.9 Å². The van der Waals surface area contributed by atoms with E-state index in [0.29, 0.717) is 0 Å². The molecule has 0 aliphatic heterocycles. The Morgan fingerprint density at radius 2 is 2.38 bits per heavy atom. The number of hydrogen-bond acceptors (Lipinski definition) is 3. The predicted octanol–water partition coefficient (Wildman–Crippen LogP) is -0.389. The topological polar surface area (TPSA) is 58.3 Å². The highest BCUT2D eigenvalue weighted by atomic mass is 16.3. The number of aliphatic hydroxyl groups is 1. The van der Waals surface area contributed by atoms with Gasteiger partial charge in [-0.15, -0.1) is 0 Å². The first-order chi connectivity index (χ1) is 3.85. The zero-order valence-corrected chi connectivity index (χ0v) is 5.22. The summed E-state index contributed by atoms with van der Waals surface area (Å²) in [5, 5.41) is 8.51. The van der Waals surface area contributed by atoms with Gasteiger partial charge in [-0.1, -0.05) is 13.3 Å². The Hall–Kier alpha value is -0.120. The average molecular weight is 118 g/mol. The van der Waals surface area contributed by atoms with Crippen molar-refractivity contribution in [3.63, 3.8) is 0 Å². The van der Waals surface area contributed by atoms with Crippen molar-refractivity contribution in [2.75, 3.05) is 6.61 Å². The zero-order valence-electron chi connectivity index (χ0n) is 5.22. The summed E-state index contributed by atoms with van der Waals surface area (Å²) in [6.07, 6.45) is 1.99. The maximum atomic E-state index is 8.51. The Morgan fingerprint density at radius 3 is 2.50 bits per heavy atom. The molecule has 0 aliphatic carbocycles. The fourth-order valence-corrected chi connectivity index (χ4v) is 0.576. The van der Waals surface area contributed by atoms with E-state index in [9.17, 15) is 0 Å². The van der Waals surface area contributed by atoms with Crippen molar-refractivity contribution >= 4 is 0 Å². The molecule has 0 rings (SSSR count). The maximum Gasteiger partial charge on any atom is 0.0598 e. The van der Waals surface area contributed by atoms with Crippen LogP contribution in [-0.4, -0.2) is 17.8 Å². The molecule has 0 fully saturated rings. The molecule has 0 aliphatic rings. The molecule has 0 aromatic heterocycles. The number of rotatable bonds is 4. The highest BCUT2D eigenvalue weighted by Crippen LogP contribution is 1.91. The van der Waals surface area contributed by atoms with Crippen LogP contribution in [0.2, 0.25) is 0 Å². The van der Waals surface area contributed by atoms with Crippen molar-refractivity contribution in [1.29, 1.82) is 0 Å². The first-order valence-electron chi connectivity index (χ1n) is 2.92. The molecule has 0 saturated heterocycles. The Morgan fingerprint density at radius 1 is 1.75 bits per heavy atom. The Bertz CT molecular complexity index is 45.7. The third-order valence-electron chi connectivity index (χ3n) is 1.09. The molecule has 0 spiro atoms. The molecule has 1 atom stereocenters. The Kier molecular flexibility index (Phi) is 4.95. The Balaban J connectivity index is 3.07. The molecule has 0 radical (unpaired) electrons. The number of aliphatic hydroxyl groups excluding tert-OH is 1. The van der Waals surface area contributed by atoms with Gasteiger partial charge in [0.1, 0.15) is 0 Å². The first-order valence-corrected chi connectivity index (χ1v) is 2.92. The second-order valence-corrected chi connectivity index (χ2v) is 1.83. The molecule has 3 heteroatoms. The summed E-state index contributed by atoms with van der Waals surface area (Å²) >= 11 is 0. The van der Waals surface area contributed by atoms with E-state index in [1.807, 2.05) is 0 Å². The molecule has 0 saturated carbocycles. The SMILES string of the molecule is CCCC(CO)NN. The van der Waals surface area contributed by atoms with Gasteiger partial charge in [-0.2, -0.15) is 0 Å². The lowest BCUT2D eigenvalue weighted by molar-refractivity contribution is 0.236. The molecular formula is C5H14N2O. The van der Waals surface area contributed by atoms with Crippen LogP contribution in [0.5, 0.6) is 0 Å². The van der Waals surface area contributed by atoms with Gasteiger partial charge in [0.15, 0.2) is 0 Å². The van der Waals surface area contributed by atoms with Gasteiger partial charge in [-0.25, -0.2) is 0 Å². The summed E-state index contributed by atoms with van der Waals surface area (Å²) in [6.45, 7) is 2.18. The summed E-state index contributed by atoms with van der Waals surface area (Å²) in [6, 6.07) is 0.0833. The van der Waals surface area contributed by atoms with Crippen LogP contribution in [0.3, 0.4) is 0 Å². The van der Waals surface area contributed by atoms with Crippen LogP contribution < -0.4 is 11.3 Å². The number of hydrazine groups is 1. The largest absolute Gasteiger partial charge is 0.395 e. The first kappa shape index (κ1) is 7.88. The van der Waals surface area contributed by atoms with Crippen LogP contribution in [0, 0.1) is 0 Å². The lowest BCUT2D eigenvalue weighted by atomic mass is 10.2. The molecular weight excluding hydrogens is 104 g/mol. The van der Waals surface area contributed by atoms with Crippen LogP contribution in [0.25, 0.3) is 0 Å². The molecule has 4 N–H and O–H groups in total. The number of hydrogen-bond donors (Lipinski definition) is 3. The predicted molar refractivity (Wildman–Crippen MR) is 33.1 cm³/mol. The van der Waals surface area contributed by atoms with Crippen molar-refractivity contribution in [1.82, 2.24) is 5.43 Å². The van der Waals surface area contributed by atoms with E-state index in [1.165, 1.54) is 0 Å². The molecule has 8 heavy (non-hydrogen) atoms. The molecule has 0 amide bonds. The van der Waals surface area contributed by atoms with E-state index in [2.05, 4.69) is 12.3 Å². The van der Waals surface area contributed by atoms with Crippen LogP contribution >= 0.6 is 0 Å². The summed E-state index contributed by atoms with van der Waals surface area (Å²) in [5.41, 5.74) is 2.50. The quantitative estimate of drug-likeness (QED) is 0.348. The van der Waals surface area contributed by atoms with Crippen molar-refractivity contribution in [2.24, 2.45) is 5.84 Å². The average Bonchev–Trinajstić information content (AvgIpc) is 1.83. The normalized spacial score (nSPS) is 13.9. The van der Waals surface area contributed by atoms with Gasteiger partial charge in [-0.3, -0.25) is 11.3 Å². The van der Waals surface area contributed by atoms with Gasteiger partial charge in [0.25, 0.3) is 0 Å².